The number of hydrogen-bond acceptors (Lipinski definition) is 5. The third-order valence-corrected chi connectivity index (χ3v) is 8.52. The molecule has 1 N–H and O–H groups in total. The molecular formula is C26H28ClN3O4S. The van der Waals surface area contributed by atoms with Crippen LogP contribution in [0.25, 0.3) is 12.2 Å². The maximum absolute atomic E-state index is 13.6. The van der Waals surface area contributed by atoms with E-state index in [4.69, 9.17) is 16.1 Å². The normalized spacial score (nSPS) is 17.1. The van der Waals surface area contributed by atoms with Gasteiger partial charge in [0.25, 0.3) is 0 Å². The number of benzene rings is 2. The summed E-state index contributed by atoms with van der Waals surface area (Å²) in [5.41, 5.74) is 3.93. The van der Waals surface area contributed by atoms with Crippen LogP contribution in [-0.2, 0) is 14.8 Å². The minimum Gasteiger partial charge on any atom is -0.355 e. The predicted octanol–water partition coefficient (Wildman–Crippen LogP) is 5.46. The SMILES string of the molecule is Cc1ccc(C)c(/C=C/c2onc(C)c2S(=O)(=O)N2CCC[C@@H](C(=O)Nc3ccccc3Cl)C2)c1. The number of aryl methyl sites for hydroxylation is 3. The lowest BCUT2D eigenvalue weighted by Crippen LogP contribution is -2.43. The first-order valence-corrected chi connectivity index (χ1v) is 13.3. The Labute approximate surface area is 210 Å². The molecule has 1 saturated heterocycles. The molecule has 0 spiro atoms. The van der Waals surface area contributed by atoms with Crippen molar-refractivity contribution in [2.45, 2.75) is 38.5 Å². The van der Waals surface area contributed by atoms with Crippen LogP contribution in [0.1, 0.15) is 41.0 Å². The molecule has 1 aliphatic heterocycles. The predicted molar refractivity (Wildman–Crippen MR) is 138 cm³/mol. The van der Waals surface area contributed by atoms with Gasteiger partial charge in [0.15, 0.2) is 10.7 Å². The van der Waals surface area contributed by atoms with Crippen LogP contribution in [0.2, 0.25) is 5.02 Å². The summed E-state index contributed by atoms with van der Waals surface area (Å²) in [5, 5.41) is 7.18. The summed E-state index contributed by atoms with van der Waals surface area (Å²) in [7, 11) is -3.93. The van der Waals surface area contributed by atoms with Crippen LogP contribution in [0.5, 0.6) is 0 Å². The van der Waals surface area contributed by atoms with Crippen molar-refractivity contribution in [3.63, 3.8) is 0 Å². The maximum Gasteiger partial charge on any atom is 0.248 e. The molecule has 2 aromatic carbocycles. The number of rotatable bonds is 6. The van der Waals surface area contributed by atoms with Gasteiger partial charge in [0.05, 0.1) is 16.6 Å². The van der Waals surface area contributed by atoms with E-state index in [1.807, 2.05) is 38.1 Å². The third-order valence-electron chi connectivity index (χ3n) is 6.17. The molecule has 1 fully saturated rings. The highest BCUT2D eigenvalue weighted by Gasteiger charge is 2.37. The van der Waals surface area contributed by atoms with Crippen molar-refractivity contribution in [3.05, 3.63) is 75.6 Å². The summed E-state index contributed by atoms with van der Waals surface area (Å²) in [5.74, 6) is -0.579. The maximum atomic E-state index is 13.6. The Kier molecular flexibility index (Phi) is 7.44. The van der Waals surface area contributed by atoms with E-state index >= 15 is 0 Å². The molecule has 9 heteroatoms. The Morgan fingerprint density at radius 3 is 2.71 bits per heavy atom. The quantitative estimate of drug-likeness (QED) is 0.472. The molecule has 2 heterocycles. The van der Waals surface area contributed by atoms with E-state index in [2.05, 4.69) is 10.5 Å². The van der Waals surface area contributed by atoms with E-state index < -0.39 is 15.9 Å². The highest BCUT2D eigenvalue weighted by atomic mass is 35.5. The highest BCUT2D eigenvalue weighted by molar-refractivity contribution is 7.89. The monoisotopic (exact) mass is 513 g/mol. The zero-order chi connectivity index (χ0) is 25.2. The molecule has 1 atom stereocenters. The van der Waals surface area contributed by atoms with Gasteiger partial charge in [-0.05, 0) is 62.9 Å². The van der Waals surface area contributed by atoms with E-state index in [1.165, 1.54) is 4.31 Å². The van der Waals surface area contributed by atoms with Gasteiger partial charge in [-0.15, -0.1) is 0 Å². The number of carbonyl (C=O) groups is 1. The topological polar surface area (TPSA) is 92.5 Å². The number of para-hydroxylation sites is 1. The van der Waals surface area contributed by atoms with Crippen LogP contribution >= 0.6 is 11.6 Å². The number of anilines is 1. The van der Waals surface area contributed by atoms with Crippen molar-refractivity contribution in [2.75, 3.05) is 18.4 Å². The number of hydrogen-bond donors (Lipinski definition) is 1. The van der Waals surface area contributed by atoms with E-state index in [-0.39, 0.29) is 28.8 Å². The number of halogens is 1. The highest BCUT2D eigenvalue weighted by Crippen LogP contribution is 2.30. The number of piperidine rings is 1. The lowest BCUT2D eigenvalue weighted by atomic mass is 9.99. The number of carbonyl (C=O) groups excluding carboxylic acids is 1. The minimum atomic E-state index is -3.93. The summed E-state index contributed by atoms with van der Waals surface area (Å²) >= 11 is 6.16. The minimum absolute atomic E-state index is 0.0335. The molecule has 0 bridgehead atoms. The van der Waals surface area contributed by atoms with Crippen LogP contribution in [0.3, 0.4) is 0 Å². The standard InChI is InChI=1S/C26H28ClN3O4S/c1-17-10-11-18(2)20(15-17)12-13-24-25(19(3)29-34-24)35(32,33)30-14-6-7-21(16-30)26(31)28-23-9-5-4-8-22(23)27/h4-5,8-13,15,21H,6-7,14,16H2,1-3H3,(H,28,31)/b13-12+/t21-/m1/s1. The van der Waals surface area contributed by atoms with Crippen molar-refractivity contribution in [2.24, 2.45) is 5.92 Å². The lowest BCUT2D eigenvalue weighted by molar-refractivity contribution is -0.120. The first kappa shape index (κ1) is 25.2. The Morgan fingerprint density at radius 1 is 1.17 bits per heavy atom. The molecule has 35 heavy (non-hydrogen) atoms. The van der Waals surface area contributed by atoms with Gasteiger partial charge in [0.2, 0.25) is 15.9 Å². The molecule has 4 rings (SSSR count). The molecule has 7 nitrogen and oxygen atoms in total. The zero-order valence-electron chi connectivity index (χ0n) is 19.9. The Bertz CT molecular complexity index is 1380. The summed E-state index contributed by atoms with van der Waals surface area (Å²) in [6.45, 7) is 5.99. The molecule has 0 aliphatic carbocycles. The molecule has 0 unspecified atom stereocenters. The van der Waals surface area contributed by atoms with Gasteiger partial charge in [-0.25, -0.2) is 8.42 Å². The Hall–Kier alpha value is -2.94. The molecule has 1 aliphatic rings. The van der Waals surface area contributed by atoms with Gasteiger partial charge in [0, 0.05) is 13.1 Å². The van der Waals surface area contributed by atoms with Crippen LogP contribution in [0.4, 0.5) is 5.69 Å². The summed E-state index contributed by atoms with van der Waals surface area (Å²) in [6, 6.07) is 13.0. The van der Waals surface area contributed by atoms with Crippen LogP contribution < -0.4 is 5.32 Å². The summed E-state index contributed by atoms with van der Waals surface area (Å²) in [6.07, 6.45) is 4.62. The fraction of sp³-hybridized carbons (Fsp3) is 0.308. The largest absolute Gasteiger partial charge is 0.355 e. The molecular weight excluding hydrogens is 486 g/mol. The second-order valence-electron chi connectivity index (χ2n) is 8.83. The van der Waals surface area contributed by atoms with Gasteiger partial charge < -0.3 is 9.84 Å². The van der Waals surface area contributed by atoms with Crippen LogP contribution in [0, 0.1) is 26.7 Å². The van der Waals surface area contributed by atoms with Gasteiger partial charge in [-0.3, -0.25) is 4.79 Å². The lowest BCUT2D eigenvalue weighted by Gasteiger charge is -2.31. The molecule has 1 aromatic heterocycles. The van der Waals surface area contributed by atoms with E-state index in [9.17, 15) is 13.2 Å². The third kappa shape index (κ3) is 5.50. The molecule has 184 valence electrons. The van der Waals surface area contributed by atoms with Crippen molar-refractivity contribution in [1.82, 2.24) is 9.46 Å². The van der Waals surface area contributed by atoms with E-state index in [0.29, 0.717) is 30.1 Å². The Balaban J connectivity index is 1.56. The molecule has 3 aromatic rings. The number of aromatic nitrogens is 1. The van der Waals surface area contributed by atoms with Gasteiger partial charge >= 0.3 is 0 Å². The fourth-order valence-electron chi connectivity index (χ4n) is 4.20. The molecule has 0 saturated carbocycles. The van der Waals surface area contributed by atoms with Crippen molar-refractivity contribution in [3.8, 4) is 0 Å². The zero-order valence-corrected chi connectivity index (χ0v) is 21.5. The van der Waals surface area contributed by atoms with Gasteiger partial charge in [-0.2, -0.15) is 4.31 Å². The van der Waals surface area contributed by atoms with E-state index in [1.54, 1.807) is 37.3 Å². The van der Waals surface area contributed by atoms with Crippen LogP contribution in [-0.4, -0.2) is 36.9 Å². The number of sulfonamides is 1. The van der Waals surface area contributed by atoms with Crippen molar-refractivity contribution >= 4 is 45.4 Å². The van der Waals surface area contributed by atoms with Gasteiger partial charge in [0.1, 0.15) is 5.69 Å². The van der Waals surface area contributed by atoms with Gasteiger partial charge in [-0.1, -0.05) is 58.7 Å². The first-order valence-electron chi connectivity index (χ1n) is 11.4. The van der Waals surface area contributed by atoms with E-state index in [0.717, 1.165) is 16.7 Å². The second kappa shape index (κ2) is 10.4. The van der Waals surface area contributed by atoms with Crippen molar-refractivity contribution in [1.29, 1.82) is 0 Å². The summed E-state index contributed by atoms with van der Waals surface area (Å²) < 4.78 is 34.0. The number of amides is 1. The first-order chi connectivity index (χ1) is 16.7. The molecule has 1 amide bonds. The number of nitrogens with zero attached hydrogens (tertiary/aromatic N) is 2. The average molecular weight is 514 g/mol. The summed E-state index contributed by atoms with van der Waals surface area (Å²) in [4.78, 5) is 12.9. The average Bonchev–Trinajstić information content (AvgIpc) is 3.22. The smallest absolute Gasteiger partial charge is 0.248 e. The second-order valence-corrected chi connectivity index (χ2v) is 11.1. The Morgan fingerprint density at radius 2 is 1.94 bits per heavy atom. The van der Waals surface area contributed by atoms with Crippen LogP contribution in [0.15, 0.2) is 51.9 Å². The van der Waals surface area contributed by atoms with Crippen molar-refractivity contribution < 1.29 is 17.7 Å². The molecule has 0 radical (unpaired) electrons. The fourth-order valence-corrected chi connectivity index (χ4v) is 6.16. The number of nitrogens with one attached hydrogen (secondary N) is 1.